The lowest BCUT2D eigenvalue weighted by Gasteiger charge is -2.33. The predicted octanol–water partition coefficient (Wildman–Crippen LogP) is 2.53. The summed E-state index contributed by atoms with van der Waals surface area (Å²) >= 11 is 6.04. The summed E-state index contributed by atoms with van der Waals surface area (Å²) in [5, 5.41) is 4.38. The Labute approximate surface area is 184 Å². The standard InChI is InChI=1S/C20H22ClN5O4S/c1-31(28,29)26(16-3-2-8-30-12-16)18-6-7-22-20(25-18)23-11-14-9-13-10-15(21)4-5-17(13)24-19(14)27/h4-7,9-10,16H,2-3,8,11-12H2,1H3,(H,24,27)(H,22,23,25). The Balaban J connectivity index is 1.58. The molecule has 1 aliphatic rings. The third-order valence-electron chi connectivity index (χ3n) is 5.01. The van der Waals surface area contributed by atoms with Gasteiger partial charge in [0.1, 0.15) is 5.82 Å². The van der Waals surface area contributed by atoms with Crippen molar-refractivity contribution in [2.75, 3.05) is 29.1 Å². The number of aromatic nitrogens is 3. The molecule has 164 valence electrons. The summed E-state index contributed by atoms with van der Waals surface area (Å²) in [4.78, 5) is 23.7. The fraction of sp³-hybridized carbons (Fsp3) is 0.350. The van der Waals surface area contributed by atoms with Gasteiger partial charge in [0.2, 0.25) is 16.0 Å². The summed E-state index contributed by atoms with van der Waals surface area (Å²) in [6.45, 7) is 1.09. The molecule has 1 aliphatic heterocycles. The van der Waals surface area contributed by atoms with Crippen molar-refractivity contribution in [2.45, 2.75) is 25.4 Å². The third-order valence-corrected chi connectivity index (χ3v) is 6.45. The Hall–Kier alpha value is -2.69. The number of halogens is 1. The lowest BCUT2D eigenvalue weighted by Crippen LogP contribution is -2.45. The van der Waals surface area contributed by atoms with Crippen LogP contribution in [0, 0.1) is 0 Å². The van der Waals surface area contributed by atoms with Gasteiger partial charge in [0.05, 0.1) is 18.9 Å². The Morgan fingerprint density at radius 2 is 2.16 bits per heavy atom. The maximum atomic E-state index is 12.5. The molecule has 1 fully saturated rings. The first-order valence-corrected chi connectivity index (χ1v) is 12.0. The summed E-state index contributed by atoms with van der Waals surface area (Å²) in [5.74, 6) is 0.475. The molecule has 0 spiro atoms. The van der Waals surface area contributed by atoms with Crippen molar-refractivity contribution in [1.82, 2.24) is 15.0 Å². The van der Waals surface area contributed by atoms with Crippen LogP contribution in [-0.4, -0.2) is 48.9 Å². The molecule has 4 rings (SSSR count). The first kappa shape index (κ1) is 21.5. The van der Waals surface area contributed by atoms with Crippen LogP contribution in [0.15, 0.2) is 41.3 Å². The maximum Gasteiger partial charge on any atom is 0.253 e. The van der Waals surface area contributed by atoms with Crippen LogP contribution in [0.2, 0.25) is 5.02 Å². The van der Waals surface area contributed by atoms with Gasteiger partial charge in [0.15, 0.2) is 0 Å². The highest BCUT2D eigenvalue weighted by atomic mass is 35.5. The molecule has 31 heavy (non-hydrogen) atoms. The van der Waals surface area contributed by atoms with Crippen LogP contribution in [0.25, 0.3) is 10.9 Å². The minimum Gasteiger partial charge on any atom is -0.379 e. The molecule has 0 bridgehead atoms. The number of aromatic amines is 1. The third kappa shape index (κ3) is 4.97. The molecular formula is C20H22ClN5O4S. The highest BCUT2D eigenvalue weighted by Crippen LogP contribution is 2.24. The van der Waals surface area contributed by atoms with E-state index in [0.717, 1.165) is 18.1 Å². The number of ether oxygens (including phenoxy) is 1. The van der Waals surface area contributed by atoms with E-state index in [1.54, 1.807) is 30.3 Å². The van der Waals surface area contributed by atoms with E-state index in [9.17, 15) is 13.2 Å². The second kappa shape index (κ2) is 8.81. The molecular weight excluding hydrogens is 442 g/mol. The van der Waals surface area contributed by atoms with Crippen LogP contribution in [-0.2, 0) is 21.3 Å². The number of anilines is 2. The monoisotopic (exact) mass is 463 g/mol. The molecule has 2 N–H and O–H groups in total. The van der Waals surface area contributed by atoms with E-state index in [1.165, 1.54) is 10.5 Å². The number of sulfonamides is 1. The molecule has 1 atom stereocenters. The van der Waals surface area contributed by atoms with Crippen LogP contribution in [0.1, 0.15) is 18.4 Å². The van der Waals surface area contributed by atoms with Crippen LogP contribution in [0.5, 0.6) is 0 Å². The molecule has 3 heterocycles. The average molecular weight is 464 g/mol. The van der Waals surface area contributed by atoms with Crippen LogP contribution in [0.4, 0.5) is 11.8 Å². The largest absolute Gasteiger partial charge is 0.379 e. The molecule has 1 unspecified atom stereocenters. The number of nitrogens with zero attached hydrogens (tertiary/aromatic N) is 3. The molecule has 0 radical (unpaired) electrons. The Bertz CT molecular complexity index is 1260. The molecule has 1 saturated heterocycles. The Morgan fingerprint density at radius 1 is 1.32 bits per heavy atom. The van der Waals surface area contributed by atoms with Gasteiger partial charge in [-0.05, 0) is 37.1 Å². The van der Waals surface area contributed by atoms with Gasteiger partial charge in [0.25, 0.3) is 5.56 Å². The number of rotatable bonds is 6. The van der Waals surface area contributed by atoms with E-state index in [-0.39, 0.29) is 29.9 Å². The molecule has 0 aliphatic carbocycles. The van der Waals surface area contributed by atoms with E-state index in [1.807, 2.05) is 0 Å². The normalized spacial score (nSPS) is 16.9. The zero-order valence-corrected chi connectivity index (χ0v) is 18.4. The first-order valence-electron chi connectivity index (χ1n) is 9.77. The van der Waals surface area contributed by atoms with Crippen molar-refractivity contribution >= 4 is 44.3 Å². The summed E-state index contributed by atoms with van der Waals surface area (Å²) in [6.07, 6.45) is 4.10. The fourth-order valence-corrected chi connectivity index (χ4v) is 4.95. The second-order valence-corrected chi connectivity index (χ2v) is 9.67. The maximum absolute atomic E-state index is 12.5. The number of benzene rings is 1. The predicted molar refractivity (Wildman–Crippen MR) is 120 cm³/mol. The van der Waals surface area contributed by atoms with Gasteiger partial charge >= 0.3 is 0 Å². The smallest absolute Gasteiger partial charge is 0.253 e. The van der Waals surface area contributed by atoms with Crippen molar-refractivity contribution in [3.63, 3.8) is 0 Å². The van der Waals surface area contributed by atoms with Gasteiger partial charge in [0, 0.05) is 46.9 Å². The van der Waals surface area contributed by atoms with Crippen molar-refractivity contribution < 1.29 is 13.2 Å². The molecule has 9 nitrogen and oxygen atoms in total. The summed E-state index contributed by atoms with van der Waals surface area (Å²) in [7, 11) is -3.57. The molecule has 3 aromatic rings. The number of H-pyrrole nitrogens is 1. The number of pyridine rings is 1. The van der Waals surface area contributed by atoms with E-state index in [2.05, 4.69) is 20.3 Å². The van der Waals surface area contributed by atoms with Gasteiger partial charge in [-0.2, -0.15) is 4.98 Å². The zero-order valence-electron chi connectivity index (χ0n) is 16.8. The van der Waals surface area contributed by atoms with Crippen molar-refractivity contribution in [2.24, 2.45) is 0 Å². The quantitative estimate of drug-likeness (QED) is 0.576. The number of nitrogens with one attached hydrogen (secondary N) is 2. The van der Waals surface area contributed by atoms with Gasteiger partial charge in [-0.3, -0.25) is 4.79 Å². The second-order valence-electron chi connectivity index (χ2n) is 7.38. The van der Waals surface area contributed by atoms with Crippen molar-refractivity contribution in [1.29, 1.82) is 0 Å². The summed E-state index contributed by atoms with van der Waals surface area (Å²) in [5.41, 5.74) is 0.926. The SMILES string of the molecule is CS(=O)(=O)N(c1ccnc(NCc2cc3cc(Cl)ccc3[nH]c2=O)n1)C1CCCOC1. The molecule has 11 heteroatoms. The van der Waals surface area contributed by atoms with E-state index < -0.39 is 10.0 Å². The van der Waals surface area contributed by atoms with Gasteiger partial charge in [-0.1, -0.05) is 11.6 Å². The number of hydrogen-bond acceptors (Lipinski definition) is 7. The Morgan fingerprint density at radius 3 is 2.90 bits per heavy atom. The van der Waals surface area contributed by atoms with E-state index in [4.69, 9.17) is 16.3 Å². The van der Waals surface area contributed by atoms with Gasteiger partial charge in [-0.15, -0.1) is 0 Å². The minimum atomic E-state index is -3.57. The van der Waals surface area contributed by atoms with Crippen LogP contribution in [0.3, 0.4) is 0 Å². The zero-order chi connectivity index (χ0) is 22.0. The van der Waals surface area contributed by atoms with Crippen LogP contribution >= 0.6 is 11.6 Å². The van der Waals surface area contributed by atoms with Crippen LogP contribution < -0.4 is 15.2 Å². The van der Waals surface area contributed by atoms with Gasteiger partial charge in [-0.25, -0.2) is 17.7 Å². The van der Waals surface area contributed by atoms with Crippen molar-refractivity contribution in [3.05, 3.63) is 57.5 Å². The average Bonchev–Trinajstić information content (AvgIpc) is 2.73. The minimum absolute atomic E-state index is 0.159. The van der Waals surface area contributed by atoms with E-state index in [0.29, 0.717) is 35.7 Å². The van der Waals surface area contributed by atoms with Crippen molar-refractivity contribution in [3.8, 4) is 0 Å². The number of hydrogen-bond donors (Lipinski definition) is 2. The molecule has 0 saturated carbocycles. The molecule has 0 amide bonds. The highest BCUT2D eigenvalue weighted by molar-refractivity contribution is 7.92. The highest BCUT2D eigenvalue weighted by Gasteiger charge is 2.30. The lowest BCUT2D eigenvalue weighted by molar-refractivity contribution is 0.0834. The Kier molecular flexibility index (Phi) is 6.12. The first-order chi connectivity index (χ1) is 14.8. The molecule has 2 aromatic heterocycles. The topological polar surface area (TPSA) is 117 Å². The lowest BCUT2D eigenvalue weighted by atomic mass is 10.1. The fourth-order valence-electron chi connectivity index (χ4n) is 3.62. The summed E-state index contributed by atoms with van der Waals surface area (Å²) in [6, 6.07) is 8.20. The van der Waals surface area contributed by atoms with Gasteiger partial charge < -0.3 is 15.0 Å². The number of fused-ring (bicyclic) bond motifs is 1. The molecule has 1 aromatic carbocycles. The van der Waals surface area contributed by atoms with E-state index >= 15 is 0 Å². The summed E-state index contributed by atoms with van der Waals surface area (Å²) < 4.78 is 31.6.